The molecule has 1 saturated heterocycles. The molecule has 2 aromatic heterocycles. The third kappa shape index (κ3) is 3.49. The van der Waals surface area contributed by atoms with Gasteiger partial charge in [-0.05, 0) is 24.5 Å². The molecule has 0 amide bonds. The summed E-state index contributed by atoms with van der Waals surface area (Å²) in [6, 6.07) is 9.01. The number of hydrogen-bond donors (Lipinski definition) is 6. The van der Waals surface area contributed by atoms with Crippen LogP contribution in [-0.4, -0.2) is 72.9 Å². The van der Waals surface area contributed by atoms with Crippen molar-refractivity contribution in [3.63, 3.8) is 0 Å². The van der Waals surface area contributed by atoms with Gasteiger partial charge in [0.05, 0.1) is 18.5 Å². The van der Waals surface area contributed by atoms with E-state index in [-0.39, 0.29) is 17.1 Å². The number of nitrogen functional groups attached to an aromatic ring is 1. The van der Waals surface area contributed by atoms with Gasteiger partial charge in [-0.25, -0.2) is 4.98 Å². The van der Waals surface area contributed by atoms with Gasteiger partial charge in [0.2, 0.25) is 6.29 Å². The van der Waals surface area contributed by atoms with Crippen LogP contribution < -0.4 is 10.5 Å². The highest BCUT2D eigenvalue weighted by molar-refractivity contribution is 5.88. The lowest BCUT2D eigenvalue weighted by molar-refractivity contribution is -0.277. The Morgan fingerprint density at radius 1 is 1.15 bits per heavy atom. The molecule has 0 radical (unpaired) electrons. The average Bonchev–Trinajstić information content (AvgIpc) is 3.33. The molecule has 0 unspecified atom stereocenters. The molecular weight excluding hydrogens is 442 g/mol. The minimum Gasteiger partial charge on any atom is -0.461 e. The van der Waals surface area contributed by atoms with Crippen LogP contribution in [0.1, 0.15) is 16.8 Å². The lowest BCUT2D eigenvalue weighted by Gasteiger charge is -2.39. The first-order valence-corrected chi connectivity index (χ1v) is 10.8. The number of pyridine rings is 1. The molecule has 0 spiro atoms. The quantitative estimate of drug-likeness (QED) is 0.302. The number of nitrogens with zero attached hydrogens (tertiary/aromatic N) is 3. The van der Waals surface area contributed by atoms with Crippen LogP contribution in [0.4, 0.5) is 5.82 Å². The molecule has 0 saturated carbocycles. The van der Waals surface area contributed by atoms with Gasteiger partial charge >= 0.3 is 0 Å². The van der Waals surface area contributed by atoms with Crippen LogP contribution >= 0.6 is 0 Å². The number of aryl methyl sites for hydroxylation is 1. The number of H-pyrrole nitrogens is 1. The molecule has 11 nitrogen and oxygen atoms in total. The summed E-state index contributed by atoms with van der Waals surface area (Å²) < 4.78 is 11.5. The van der Waals surface area contributed by atoms with E-state index in [1.54, 1.807) is 30.5 Å². The molecule has 2 aliphatic rings. The molecule has 1 fully saturated rings. The summed E-state index contributed by atoms with van der Waals surface area (Å²) >= 11 is 0. The molecule has 3 heterocycles. The second kappa shape index (κ2) is 8.68. The highest BCUT2D eigenvalue weighted by Crippen LogP contribution is 2.43. The number of hydrogen-bond acceptors (Lipinski definition) is 10. The number of aromatic nitrogens is 3. The predicted octanol–water partition coefficient (Wildman–Crippen LogP) is -0.130. The number of nitrogens with one attached hydrogen (secondary N) is 1. The Hall–Kier alpha value is -3.53. The van der Waals surface area contributed by atoms with Crippen LogP contribution in [0.2, 0.25) is 0 Å². The van der Waals surface area contributed by atoms with Crippen LogP contribution in [-0.2, 0) is 17.6 Å². The van der Waals surface area contributed by atoms with Crippen LogP contribution in [0.5, 0.6) is 5.75 Å². The largest absolute Gasteiger partial charge is 0.461 e. The number of aliphatic hydroxyl groups is 4. The van der Waals surface area contributed by atoms with Crippen molar-refractivity contribution in [1.82, 2.24) is 15.2 Å². The van der Waals surface area contributed by atoms with Crippen molar-refractivity contribution >= 4 is 5.82 Å². The van der Waals surface area contributed by atoms with Crippen molar-refractivity contribution in [3.8, 4) is 34.2 Å². The van der Waals surface area contributed by atoms with E-state index in [0.29, 0.717) is 29.7 Å². The van der Waals surface area contributed by atoms with E-state index in [9.17, 15) is 25.7 Å². The highest BCUT2D eigenvalue weighted by atomic mass is 16.7. The van der Waals surface area contributed by atoms with E-state index in [2.05, 4.69) is 21.3 Å². The summed E-state index contributed by atoms with van der Waals surface area (Å²) in [4.78, 5) is 4.48. The minimum atomic E-state index is -1.58. The smallest absolute Gasteiger partial charge is 0.229 e. The van der Waals surface area contributed by atoms with Crippen molar-refractivity contribution in [2.45, 2.75) is 43.5 Å². The molecule has 3 aromatic rings. The molecule has 5 rings (SSSR count). The Labute approximate surface area is 194 Å². The number of anilines is 1. The van der Waals surface area contributed by atoms with Gasteiger partial charge in [0.25, 0.3) is 0 Å². The van der Waals surface area contributed by atoms with Gasteiger partial charge in [0.15, 0.2) is 0 Å². The first kappa shape index (κ1) is 22.3. The number of nitrogens with two attached hydrogens (primary N) is 1. The number of benzene rings is 1. The zero-order chi connectivity index (χ0) is 24.0. The summed E-state index contributed by atoms with van der Waals surface area (Å²) in [6.07, 6.45) is -4.24. The van der Waals surface area contributed by atoms with Gasteiger partial charge < -0.3 is 35.6 Å². The maximum absolute atomic E-state index is 10.4. The molecule has 34 heavy (non-hydrogen) atoms. The van der Waals surface area contributed by atoms with Crippen LogP contribution in [0.15, 0.2) is 30.5 Å². The average molecular weight is 465 g/mol. The van der Waals surface area contributed by atoms with E-state index < -0.39 is 37.3 Å². The molecular formula is C23H23N5O6. The third-order valence-corrected chi connectivity index (χ3v) is 6.28. The van der Waals surface area contributed by atoms with Gasteiger partial charge in [-0.15, -0.1) is 0 Å². The second-order valence-corrected chi connectivity index (χ2v) is 8.26. The normalized spacial score (nSPS) is 25.8. The predicted molar refractivity (Wildman–Crippen MR) is 118 cm³/mol. The first-order valence-electron chi connectivity index (χ1n) is 10.8. The van der Waals surface area contributed by atoms with E-state index in [0.717, 1.165) is 16.8 Å². The number of ether oxygens (including phenoxy) is 2. The molecule has 7 N–H and O–H groups in total. The number of rotatable bonds is 4. The molecule has 0 bridgehead atoms. The number of fused-ring (bicyclic) bond motifs is 3. The van der Waals surface area contributed by atoms with Crippen LogP contribution in [0, 0.1) is 11.3 Å². The maximum atomic E-state index is 10.4. The topological polar surface area (TPSA) is 191 Å². The number of aromatic amines is 1. The summed E-state index contributed by atoms with van der Waals surface area (Å²) in [6.45, 7) is -0.577. The van der Waals surface area contributed by atoms with Gasteiger partial charge in [-0.1, -0.05) is 18.2 Å². The van der Waals surface area contributed by atoms with E-state index in [4.69, 9.17) is 15.2 Å². The van der Waals surface area contributed by atoms with Crippen LogP contribution in [0.25, 0.3) is 22.4 Å². The number of aliphatic hydroxyl groups excluding tert-OH is 4. The lowest BCUT2D eigenvalue weighted by Crippen LogP contribution is -2.60. The van der Waals surface area contributed by atoms with E-state index >= 15 is 0 Å². The molecule has 1 aliphatic heterocycles. The van der Waals surface area contributed by atoms with Gasteiger partial charge in [0.1, 0.15) is 47.6 Å². The zero-order valence-electron chi connectivity index (χ0n) is 17.9. The summed E-state index contributed by atoms with van der Waals surface area (Å²) in [7, 11) is 0. The Morgan fingerprint density at radius 2 is 1.94 bits per heavy atom. The lowest BCUT2D eigenvalue weighted by atomic mass is 9.85. The fraction of sp³-hybridized carbons (Fsp3) is 0.348. The van der Waals surface area contributed by atoms with Gasteiger partial charge in [-0.2, -0.15) is 10.4 Å². The van der Waals surface area contributed by atoms with E-state index in [1.807, 2.05) is 0 Å². The van der Waals surface area contributed by atoms with Crippen LogP contribution in [0.3, 0.4) is 0 Å². The number of nitriles is 1. The van der Waals surface area contributed by atoms with Crippen molar-refractivity contribution in [2.24, 2.45) is 0 Å². The summed E-state index contributed by atoms with van der Waals surface area (Å²) in [5.74, 6) is 0.321. The third-order valence-electron chi connectivity index (χ3n) is 6.28. The Kier molecular flexibility index (Phi) is 5.68. The fourth-order valence-electron chi connectivity index (χ4n) is 4.54. The maximum Gasteiger partial charge on any atom is 0.229 e. The van der Waals surface area contributed by atoms with Gasteiger partial charge in [-0.3, -0.25) is 5.10 Å². The Morgan fingerprint density at radius 3 is 2.71 bits per heavy atom. The van der Waals surface area contributed by atoms with Crippen molar-refractivity contribution in [3.05, 3.63) is 47.3 Å². The Balaban J connectivity index is 1.62. The fourth-order valence-corrected chi connectivity index (χ4v) is 4.54. The minimum absolute atomic E-state index is 0.0629. The molecule has 5 atom stereocenters. The second-order valence-electron chi connectivity index (χ2n) is 8.26. The van der Waals surface area contributed by atoms with Crippen molar-refractivity contribution < 1.29 is 29.9 Å². The molecule has 176 valence electrons. The standard InChI is InChI=1S/C23H23N5O6/c24-7-12-17(11-5-6-14-13(8-26-28-14)18(11)27-22(12)25)10-3-1-2-4-15(10)33-23-21(32)20(31)19(30)16(9-29)34-23/h1-4,8,16,19-21,23,29-32H,5-6,9H2,(H2,25,27)(H,26,28)/t16-,19-,20+,21-,23-/m1/s1. The number of para-hydroxylation sites is 1. The van der Waals surface area contributed by atoms with E-state index in [1.165, 1.54) is 0 Å². The summed E-state index contributed by atoms with van der Waals surface area (Å²) in [5, 5.41) is 57.1. The first-order chi connectivity index (χ1) is 16.4. The molecule has 1 aromatic carbocycles. The van der Waals surface area contributed by atoms with Gasteiger partial charge in [0, 0.05) is 22.4 Å². The van der Waals surface area contributed by atoms with Crippen molar-refractivity contribution in [2.75, 3.05) is 12.3 Å². The Bertz CT molecular complexity index is 1270. The van der Waals surface area contributed by atoms with Crippen molar-refractivity contribution in [1.29, 1.82) is 5.26 Å². The summed E-state index contributed by atoms with van der Waals surface area (Å²) in [5.41, 5.74) is 10.6. The SMILES string of the molecule is N#Cc1c(N)nc2c(c1-c1ccccc1O[C@@H]1O[C@H](CO)[C@@H](O)[C@H](O)[C@H]1O)CCc1[nH]ncc1-2. The highest BCUT2D eigenvalue weighted by Gasteiger charge is 2.45. The monoisotopic (exact) mass is 465 g/mol. The zero-order valence-corrected chi connectivity index (χ0v) is 17.9. The molecule has 1 aliphatic carbocycles. The molecule has 11 heteroatoms.